The fraction of sp³-hybridized carbons (Fsp3) is 0.667. The molecule has 1 aromatic heterocycles. The van der Waals surface area contributed by atoms with Gasteiger partial charge in [-0.3, -0.25) is 4.79 Å². The number of rotatable bonds is 10. The second-order valence-corrected chi connectivity index (χ2v) is 10.8. The minimum Gasteiger partial charge on any atom is -0.378 e. The molecular formula is C27H37FN4O4. The summed E-state index contributed by atoms with van der Waals surface area (Å²) in [5, 5.41) is 4.08. The quantitative estimate of drug-likeness (QED) is 0.491. The first-order chi connectivity index (χ1) is 17.4. The number of anilines is 1. The van der Waals surface area contributed by atoms with Crippen LogP contribution in [0.4, 0.5) is 10.4 Å². The van der Waals surface area contributed by atoms with Crippen LogP contribution < -0.4 is 4.90 Å². The van der Waals surface area contributed by atoms with Crippen LogP contribution in [0.2, 0.25) is 0 Å². The number of carbonyl (C=O) groups is 1. The number of ether oxygens (including phenoxy) is 2. The van der Waals surface area contributed by atoms with Crippen molar-refractivity contribution in [3.63, 3.8) is 0 Å². The summed E-state index contributed by atoms with van der Waals surface area (Å²) in [5.41, 5.74) is 1.23. The van der Waals surface area contributed by atoms with Gasteiger partial charge in [-0.05, 0) is 54.2 Å². The number of hydrogen-bond acceptors (Lipinski definition) is 7. The van der Waals surface area contributed by atoms with Crippen molar-refractivity contribution in [2.45, 2.75) is 58.2 Å². The Morgan fingerprint density at radius 2 is 2.03 bits per heavy atom. The van der Waals surface area contributed by atoms with Crippen molar-refractivity contribution in [1.82, 2.24) is 15.0 Å². The Morgan fingerprint density at radius 3 is 2.69 bits per heavy atom. The number of likely N-dealkylation sites (tertiary alicyclic amines) is 1. The maximum absolute atomic E-state index is 14.6. The molecule has 2 aromatic rings. The van der Waals surface area contributed by atoms with E-state index in [1.54, 1.807) is 18.1 Å². The van der Waals surface area contributed by atoms with Crippen molar-refractivity contribution in [3.05, 3.63) is 41.0 Å². The highest BCUT2D eigenvalue weighted by molar-refractivity contribution is 5.79. The third-order valence-corrected chi connectivity index (χ3v) is 7.93. The van der Waals surface area contributed by atoms with Crippen LogP contribution in [0.25, 0.3) is 0 Å². The number of carbonyl (C=O) groups excluding carboxylic acids is 1. The average Bonchev–Trinajstić information content (AvgIpc) is 3.42. The highest BCUT2D eigenvalue weighted by atomic mass is 19.1. The normalized spacial score (nSPS) is 22.8. The van der Waals surface area contributed by atoms with E-state index in [4.69, 9.17) is 14.0 Å². The summed E-state index contributed by atoms with van der Waals surface area (Å²) >= 11 is 0. The predicted octanol–water partition coefficient (Wildman–Crippen LogP) is 3.80. The minimum atomic E-state index is -0.342. The van der Waals surface area contributed by atoms with Gasteiger partial charge in [-0.15, -0.1) is 0 Å². The lowest BCUT2D eigenvalue weighted by atomic mass is 9.91. The van der Waals surface area contributed by atoms with E-state index >= 15 is 0 Å². The molecule has 0 unspecified atom stereocenters. The Kier molecular flexibility index (Phi) is 7.57. The zero-order chi connectivity index (χ0) is 25.2. The van der Waals surface area contributed by atoms with Gasteiger partial charge in [-0.1, -0.05) is 31.1 Å². The van der Waals surface area contributed by atoms with Crippen LogP contribution in [-0.4, -0.2) is 66.9 Å². The lowest BCUT2D eigenvalue weighted by Gasteiger charge is -2.38. The maximum Gasteiger partial charge on any atom is 0.324 e. The second-order valence-electron chi connectivity index (χ2n) is 10.8. The molecule has 1 aliphatic carbocycles. The second kappa shape index (κ2) is 10.8. The molecule has 8 nitrogen and oxygen atoms in total. The summed E-state index contributed by atoms with van der Waals surface area (Å²) in [7, 11) is 1.64. The van der Waals surface area contributed by atoms with E-state index in [1.165, 1.54) is 12.5 Å². The van der Waals surface area contributed by atoms with E-state index in [1.807, 2.05) is 6.07 Å². The standard InChI is InChI=1S/C27H37FN4O4/c1-17(2)26-29-27(36-30-26)31-8-6-19(7-9-31)23-11-21(23)16-35-15-18-4-5-20(24(28)10-18)12-25(33)32-13-22(14-32)34-3/h4-5,10,17,19,21-23H,6-9,11-16H2,1-3H3/t21-,23+/m0/s1. The Labute approximate surface area is 212 Å². The van der Waals surface area contributed by atoms with Crippen LogP contribution in [0, 0.1) is 23.6 Å². The summed E-state index contributed by atoms with van der Waals surface area (Å²) < 4.78 is 31.2. The molecule has 1 aromatic carbocycles. The average molecular weight is 501 g/mol. The van der Waals surface area contributed by atoms with Crippen molar-refractivity contribution in [1.29, 1.82) is 0 Å². The molecule has 2 aliphatic heterocycles. The monoisotopic (exact) mass is 500 g/mol. The highest BCUT2D eigenvalue weighted by Crippen LogP contribution is 2.48. The summed E-state index contributed by atoms with van der Waals surface area (Å²) in [6.45, 7) is 8.31. The number of amides is 1. The SMILES string of the molecule is COC1CN(C(=O)Cc2ccc(COC[C@@H]3C[C@@H]3C3CCN(c4nc(C(C)C)no4)CC3)cc2F)C1. The lowest BCUT2D eigenvalue weighted by Crippen LogP contribution is -2.54. The first-order valence-corrected chi connectivity index (χ1v) is 13.2. The first kappa shape index (κ1) is 25.1. The number of nitrogens with zero attached hydrogens (tertiary/aromatic N) is 4. The van der Waals surface area contributed by atoms with Crippen LogP contribution in [0.1, 0.15) is 56.0 Å². The molecule has 1 amide bonds. The van der Waals surface area contributed by atoms with Crippen molar-refractivity contribution in [2.24, 2.45) is 17.8 Å². The molecule has 3 heterocycles. The fourth-order valence-electron chi connectivity index (χ4n) is 5.37. The van der Waals surface area contributed by atoms with Crippen molar-refractivity contribution >= 4 is 11.9 Å². The molecule has 2 atom stereocenters. The molecule has 0 radical (unpaired) electrons. The lowest BCUT2D eigenvalue weighted by molar-refractivity contribution is -0.142. The largest absolute Gasteiger partial charge is 0.378 e. The van der Waals surface area contributed by atoms with E-state index in [9.17, 15) is 9.18 Å². The Morgan fingerprint density at radius 1 is 1.25 bits per heavy atom. The predicted molar refractivity (Wildman–Crippen MR) is 132 cm³/mol. The smallest absolute Gasteiger partial charge is 0.324 e. The van der Waals surface area contributed by atoms with E-state index in [2.05, 4.69) is 28.9 Å². The zero-order valence-corrected chi connectivity index (χ0v) is 21.5. The number of halogens is 1. The molecule has 196 valence electrons. The first-order valence-electron chi connectivity index (χ1n) is 13.2. The number of piperidine rings is 1. The van der Waals surface area contributed by atoms with Gasteiger partial charge < -0.3 is 23.8 Å². The van der Waals surface area contributed by atoms with Gasteiger partial charge in [-0.2, -0.15) is 4.98 Å². The molecule has 0 bridgehead atoms. The summed E-state index contributed by atoms with van der Waals surface area (Å²) in [6, 6.07) is 5.72. The molecule has 9 heteroatoms. The number of aromatic nitrogens is 2. The van der Waals surface area contributed by atoms with Gasteiger partial charge in [0.25, 0.3) is 0 Å². The van der Waals surface area contributed by atoms with Gasteiger partial charge in [0, 0.05) is 39.2 Å². The van der Waals surface area contributed by atoms with E-state index in [0.29, 0.717) is 55.6 Å². The maximum atomic E-state index is 14.6. The molecule has 0 spiro atoms. The van der Waals surface area contributed by atoms with Gasteiger partial charge in [0.1, 0.15) is 5.82 Å². The van der Waals surface area contributed by atoms with E-state index in [0.717, 1.165) is 37.3 Å². The third kappa shape index (κ3) is 5.72. The van der Waals surface area contributed by atoms with Crippen molar-refractivity contribution in [2.75, 3.05) is 44.8 Å². The number of benzene rings is 1. The number of hydrogen-bond donors (Lipinski definition) is 0. The molecule has 5 rings (SSSR count). The fourth-order valence-corrected chi connectivity index (χ4v) is 5.37. The van der Waals surface area contributed by atoms with E-state index < -0.39 is 0 Å². The van der Waals surface area contributed by atoms with Crippen LogP contribution in [-0.2, 0) is 27.3 Å². The van der Waals surface area contributed by atoms with Gasteiger partial charge in [-0.25, -0.2) is 4.39 Å². The molecular weight excluding hydrogens is 463 g/mol. The van der Waals surface area contributed by atoms with Crippen LogP contribution in [0.15, 0.2) is 22.7 Å². The van der Waals surface area contributed by atoms with Crippen molar-refractivity contribution < 1.29 is 23.2 Å². The van der Waals surface area contributed by atoms with E-state index in [-0.39, 0.29) is 30.2 Å². The minimum absolute atomic E-state index is 0.0609. The van der Waals surface area contributed by atoms with Crippen molar-refractivity contribution in [3.8, 4) is 0 Å². The van der Waals surface area contributed by atoms with Gasteiger partial charge >= 0.3 is 6.01 Å². The van der Waals surface area contributed by atoms with Gasteiger partial charge in [0.05, 0.1) is 25.7 Å². The number of methoxy groups -OCH3 is 1. The molecule has 1 saturated carbocycles. The Hall–Kier alpha value is -2.52. The van der Waals surface area contributed by atoms with Crippen LogP contribution in [0.5, 0.6) is 0 Å². The molecule has 3 fully saturated rings. The molecule has 2 saturated heterocycles. The third-order valence-electron chi connectivity index (χ3n) is 7.93. The highest BCUT2D eigenvalue weighted by Gasteiger charge is 2.44. The molecule has 0 N–H and O–H groups in total. The van der Waals surface area contributed by atoms with Crippen LogP contribution >= 0.6 is 0 Å². The topological polar surface area (TPSA) is 80.9 Å². The molecule has 36 heavy (non-hydrogen) atoms. The summed E-state index contributed by atoms with van der Waals surface area (Å²) in [4.78, 5) is 20.7. The zero-order valence-electron chi connectivity index (χ0n) is 21.5. The van der Waals surface area contributed by atoms with Gasteiger partial charge in [0.2, 0.25) is 5.91 Å². The summed E-state index contributed by atoms with van der Waals surface area (Å²) in [6.07, 6.45) is 3.66. The van der Waals surface area contributed by atoms with Gasteiger partial charge in [0.15, 0.2) is 5.82 Å². The molecule has 3 aliphatic rings. The Balaban J connectivity index is 1.01. The summed E-state index contributed by atoms with van der Waals surface area (Å²) in [5.74, 6) is 2.65. The van der Waals surface area contributed by atoms with Crippen LogP contribution in [0.3, 0.4) is 0 Å². The Bertz CT molecular complexity index is 1050.